The molecular weight excluding hydrogens is 254 g/mol. The summed E-state index contributed by atoms with van der Waals surface area (Å²) in [6, 6.07) is 5.94. The number of carbonyl (C=O) groups excluding carboxylic acids is 1. The number of hydrogen-bond donors (Lipinski definition) is 0. The Hall–Kier alpha value is -1.23. The number of Topliss-reactive ketones (excluding diaryl/α,β-unsaturated/α-hetero) is 1. The van der Waals surface area contributed by atoms with Crippen molar-refractivity contribution in [1.29, 1.82) is 0 Å². The van der Waals surface area contributed by atoms with Crippen LogP contribution >= 0.6 is 0 Å². The summed E-state index contributed by atoms with van der Waals surface area (Å²) in [7, 11) is 3.33. The monoisotopic (exact) mass is 279 g/mol. The number of ketones is 1. The van der Waals surface area contributed by atoms with Crippen LogP contribution in [0.15, 0.2) is 18.2 Å². The molecule has 0 N–H and O–H groups in total. The Kier molecular flexibility index (Phi) is 7.44. The van der Waals surface area contributed by atoms with Crippen LogP contribution in [-0.2, 0) is 9.47 Å². The van der Waals surface area contributed by atoms with Gasteiger partial charge in [-0.15, -0.1) is 0 Å². The van der Waals surface area contributed by atoms with Crippen LogP contribution in [0.25, 0.3) is 0 Å². The molecule has 0 aliphatic rings. The Morgan fingerprint density at radius 3 is 2.20 bits per heavy atom. The van der Waals surface area contributed by atoms with Gasteiger partial charge in [0.05, 0.1) is 19.8 Å². The minimum atomic E-state index is 0.148. The molecule has 20 heavy (non-hydrogen) atoms. The first-order chi connectivity index (χ1) is 9.58. The van der Waals surface area contributed by atoms with Crippen molar-refractivity contribution < 1.29 is 14.3 Å². The highest BCUT2D eigenvalue weighted by atomic mass is 16.5. The molecule has 0 fully saturated rings. The van der Waals surface area contributed by atoms with Crippen molar-refractivity contribution in [1.82, 2.24) is 4.90 Å². The minimum absolute atomic E-state index is 0.148. The molecule has 0 spiro atoms. The molecule has 0 aliphatic heterocycles. The maximum absolute atomic E-state index is 12.4. The quantitative estimate of drug-likeness (QED) is 0.649. The van der Waals surface area contributed by atoms with Crippen LogP contribution < -0.4 is 0 Å². The van der Waals surface area contributed by atoms with E-state index in [2.05, 4.69) is 4.90 Å². The van der Waals surface area contributed by atoms with Gasteiger partial charge >= 0.3 is 0 Å². The molecule has 0 aliphatic carbocycles. The number of benzene rings is 1. The lowest BCUT2D eigenvalue weighted by Gasteiger charge is -2.21. The third kappa shape index (κ3) is 5.41. The van der Waals surface area contributed by atoms with Gasteiger partial charge in [-0.1, -0.05) is 23.8 Å². The molecule has 1 aromatic carbocycles. The number of hydrogen-bond acceptors (Lipinski definition) is 4. The van der Waals surface area contributed by atoms with Crippen molar-refractivity contribution in [2.45, 2.75) is 13.8 Å². The highest BCUT2D eigenvalue weighted by Gasteiger charge is 2.14. The average Bonchev–Trinajstić information content (AvgIpc) is 2.41. The number of carbonyl (C=O) groups is 1. The summed E-state index contributed by atoms with van der Waals surface area (Å²) in [6.45, 7) is 7.11. The average molecular weight is 279 g/mol. The van der Waals surface area contributed by atoms with Crippen LogP contribution in [0, 0.1) is 13.8 Å². The zero-order chi connectivity index (χ0) is 15.0. The fourth-order valence-electron chi connectivity index (χ4n) is 2.13. The van der Waals surface area contributed by atoms with E-state index in [1.165, 1.54) is 5.56 Å². The third-order valence-electron chi connectivity index (χ3n) is 3.27. The topological polar surface area (TPSA) is 38.8 Å². The van der Waals surface area contributed by atoms with E-state index in [1.54, 1.807) is 14.2 Å². The van der Waals surface area contributed by atoms with E-state index in [4.69, 9.17) is 9.47 Å². The van der Waals surface area contributed by atoms with Crippen molar-refractivity contribution in [3.8, 4) is 0 Å². The molecule has 0 unspecified atom stereocenters. The summed E-state index contributed by atoms with van der Waals surface area (Å²) >= 11 is 0. The Morgan fingerprint density at radius 2 is 1.70 bits per heavy atom. The summed E-state index contributed by atoms with van der Waals surface area (Å²) in [4.78, 5) is 14.5. The molecular formula is C16H25NO3. The van der Waals surface area contributed by atoms with Gasteiger partial charge in [0.2, 0.25) is 0 Å². The van der Waals surface area contributed by atoms with Crippen molar-refractivity contribution in [3.63, 3.8) is 0 Å². The third-order valence-corrected chi connectivity index (χ3v) is 3.27. The van der Waals surface area contributed by atoms with Crippen molar-refractivity contribution in [2.75, 3.05) is 47.1 Å². The van der Waals surface area contributed by atoms with Crippen LogP contribution in [0.3, 0.4) is 0 Å². The van der Waals surface area contributed by atoms with E-state index in [9.17, 15) is 4.79 Å². The molecule has 0 radical (unpaired) electrons. The molecule has 112 valence electrons. The van der Waals surface area contributed by atoms with E-state index >= 15 is 0 Å². The van der Waals surface area contributed by atoms with E-state index in [1.807, 2.05) is 32.0 Å². The Morgan fingerprint density at radius 1 is 1.10 bits per heavy atom. The number of ether oxygens (including phenoxy) is 2. The first kappa shape index (κ1) is 16.8. The molecule has 0 amide bonds. The van der Waals surface area contributed by atoms with Crippen LogP contribution in [0.2, 0.25) is 0 Å². The number of nitrogens with zero attached hydrogens (tertiary/aromatic N) is 1. The zero-order valence-corrected chi connectivity index (χ0v) is 12.9. The molecule has 0 saturated heterocycles. The standard InChI is InChI=1S/C16H25NO3/c1-13-5-6-15(14(2)11-13)16(18)12-17(7-9-19-3)8-10-20-4/h5-6,11H,7-10,12H2,1-4H3. The van der Waals surface area contributed by atoms with E-state index in [-0.39, 0.29) is 5.78 Å². The van der Waals surface area contributed by atoms with E-state index < -0.39 is 0 Å². The first-order valence-electron chi connectivity index (χ1n) is 6.89. The van der Waals surface area contributed by atoms with Gasteiger partial charge in [0.25, 0.3) is 0 Å². The molecule has 4 heteroatoms. The lowest BCUT2D eigenvalue weighted by atomic mass is 10.0. The van der Waals surface area contributed by atoms with Gasteiger partial charge in [-0.3, -0.25) is 9.69 Å². The number of aryl methyl sites for hydroxylation is 2. The molecule has 1 aromatic rings. The van der Waals surface area contributed by atoms with Gasteiger partial charge in [0.15, 0.2) is 5.78 Å². The fourth-order valence-corrected chi connectivity index (χ4v) is 2.13. The Labute approximate surface area is 121 Å². The zero-order valence-electron chi connectivity index (χ0n) is 12.9. The maximum atomic E-state index is 12.4. The SMILES string of the molecule is COCCN(CCOC)CC(=O)c1ccc(C)cc1C. The summed E-state index contributed by atoms with van der Waals surface area (Å²) in [5.41, 5.74) is 3.01. The van der Waals surface area contributed by atoms with Crippen LogP contribution in [-0.4, -0.2) is 57.8 Å². The van der Waals surface area contributed by atoms with Crippen molar-refractivity contribution >= 4 is 5.78 Å². The molecule has 1 rings (SSSR count). The molecule has 0 aromatic heterocycles. The van der Waals surface area contributed by atoms with Crippen LogP contribution in [0.1, 0.15) is 21.5 Å². The number of rotatable bonds is 9. The molecule has 0 saturated carbocycles. The van der Waals surface area contributed by atoms with E-state index in [0.717, 1.165) is 24.2 Å². The molecule has 0 heterocycles. The van der Waals surface area contributed by atoms with Gasteiger partial charge in [-0.25, -0.2) is 0 Å². The molecule has 0 bridgehead atoms. The second-order valence-corrected chi connectivity index (χ2v) is 5.00. The van der Waals surface area contributed by atoms with Gasteiger partial charge in [0, 0.05) is 32.9 Å². The van der Waals surface area contributed by atoms with Gasteiger partial charge in [-0.2, -0.15) is 0 Å². The summed E-state index contributed by atoms with van der Waals surface area (Å²) in [6.07, 6.45) is 0. The minimum Gasteiger partial charge on any atom is -0.383 e. The highest BCUT2D eigenvalue weighted by Crippen LogP contribution is 2.12. The van der Waals surface area contributed by atoms with E-state index in [0.29, 0.717) is 19.8 Å². The second kappa shape index (κ2) is 8.84. The molecule has 0 atom stereocenters. The second-order valence-electron chi connectivity index (χ2n) is 5.00. The molecule has 4 nitrogen and oxygen atoms in total. The van der Waals surface area contributed by atoms with Crippen molar-refractivity contribution in [2.24, 2.45) is 0 Å². The van der Waals surface area contributed by atoms with Gasteiger partial charge < -0.3 is 9.47 Å². The lowest BCUT2D eigenvalue weighted by molar-refractivity contribution is 0.0836. The van der Waals surface area contributed by atoms with Gasteiger partial charge in [0.1, 0.15) is 0 Å². The predicted octanol–water partition coefficient (Wildman–Crippen LogP) is 2.08. The highest BCUT2D eigenvalue weighted by molar-refractivity contribution is 5.98. The largest absolute Gasteiger partial charge is 0.383 e. The normalized spacial score (nSPS) is 11.1. The first-order valence-corrected chi connectivity index (χ1v) is 6.89. The predicted molar refractivity (Wildman–Crippen MR) is 80.4 cm³/mol. The maximum Gasteiger partial charge on any atom is 0.177 e. The summed E-state index contributed by atoms with van der Waals surface area (Å²) < 4.78 is 10.2. The smallest absolute Gasteiger partial charge is 0.177 e. The Bertz CT molecular complexity index is 424. The summed E-state index contributed by atoms with van der Waals surface area (Å²) in [5, 5.41) is 0. The Balaban J connectivity index is 2.68. The number of methoxy groups -OCH3 is 2. The fraction of sp³-hybridized carbons (Fsp3) is 0.562. The van der Waals surface area contributed by atoms with Crippen molar-refractivity contribution in [3.05, 3.63) is 34.9 Å². The summed E-state index contributed by atoms with van der Waals surface area (Å²) in [5.74, 6) is 0.148. The van der Waals surface area contributed by atoms with Crippen LogP contribution in [0.5, 0.6) is 0 Å². The van der Waals surface area contributed by atoms with Crippen LogP contribution in [0.4, 0.5) is 0 Å². The lowest BCUT2D eigenvalue weighted by Crippen LogP contribution is -2.35. The van der Waals surface area contributed by atoms with Gasteiger partial charge in [-0.05, 0) is 19.4 Å².